The summed E-state index contributed by atoms with van der Waals surface area (Å²) in [6.45, 7) is 2.98. The second-order valence-corrected chi connectivity index (χ2v) is 11.3. The molecule has 3 aliphatic carbocycles. The average molecular weight is 447 g/mol. The molecule has 5 nitrogen and oxygen atoms in total. The summed E-state index contributed by atoms with van der Waals surface area (Å²) in [4.78, 5) is 5.01. The summed E-state index contributed by atoms with van der Waals surface area (Å²) in [5, 5.41) is 23.4. The van der Waals surface area contributed by atoms with Gasteiger partial charge in [0, 0.05) is 30.7 Å². The van der Waals surface area contributed by atoms with Crippen LogP contribution in [0.3, 0.4) is 0 Å². The summed E-state index contributed by atoms with van der Waals surface area (Å²) in [6, 6.07) is 14.8. The van der Waals surface area contributed by atoms with E-state index in [2.05, 4.69) is 53.2 Å². The molecule has 2 aromatic rings. The van der Waals surface area contributed by atoms with Crippen molar-refractivity contribution in [1.82, 2.24) is 9.80 Å². The normalized spacial score (nSPS) is 36.5. The highest BCUT2D eigenvalue weighted by atomic mass is 16.5. The second-order valence-electron chi connectivity index (χ2n) is 11.3. The van der Waals surface area contributed by atoms with Gasteiger partial charge in [0.15, 0.2) is 11.5 Å². The van der Waals surface area contributed by atoms with Crippen LogP contribution in [-0.2, 0) is 18.4 Å². The van der Waals surface area contributed by atoms with Gasteiger partial charge in [0.05, 0.1) is 11.0 Å². The molecule has 5 atom stereocenters. The highest BCUT2D eigenvalue weighted by Crippen LogP contribution is 2.66. The van der Waals surface area contributed by atoms with E-state index in [1.165, 1.54) is 24.0 Å². The SMILES string of the molecule is CN(Cc1ccccc1)[C@@H]1CC[C@@]2(O)[C@@H]3Cc4ccc(O)c5c4[C@@]2(CCN3CC2CC2)[C@H]1O5. The van der Waals surface area contributed by atoms with Crippen LogP contribution < -0.4 is 4.74 Å². The van der Waals surface area contributed by atoms with Gasteiger partial charge in [-0.1, -0.05) is 36.4 Å². The lowest BCUT2D eigenvalue weighted by atomic mass is 9.48. The number of piperidine rings is 1. The Morgan fingerprint density at radius 1 is 1.09 bits per heavy atom. The Kier molecular flexibility index (Phi) is 4.29. The molecule has 0 amide bonds. The van der Waals surface area contributed by atoms with Crippen molar-refractivity contribution >= 4 is 0 Å². The van der Waals surface area contributed by atoms with E-state index in [4.69, 9.17) is 4.74 Å². The number of likely N-dealkylation sites (tertiary alicyclic amines) is 1. The standard InChI is InChI=1S/C28H34N2O3/c1-29(16-18-5-3-2-4-6-18)21-11-12-28(32)23-15-20-9-10-22(31)25-24(20)27(28,26(21)33-25)13-14-30(23)17-19-7-8-19/h2-6,9-10,19,21,23,26,31-32H,7-8,11-17H2,1H3/t21-,23+,26+,27+,28-/m1/s1. The molecule has 2 aromatic carbocycles. The fourth-order valence-electron chi connectivity index (χ4n) is 7.90. The van der Waals surface area contributed by atoms with Crippen molar-refractivity contribution in [1.29, 1.82) is 0 Å². The van der Waals surface area contributed by atoms with E-state index in [0.29, 0.717) is 5.75 Å². The Balaban J connectivity index is 1.31. The van der Waals surface area contributed by atoms with Crippen molar-refractivity contribution in [2.24, 2.45) is 5.92 Å². The third kappa shape index (κ3) is 2.70. The van der Waals surface area contributed by atoms with E-state index in [-0.39, 0.29) is 23.9 Å². The van der Waals surface area contributed by atoms with Crippen molar-refractivity contribution in [2.45, 2.75) is 74.3 Å². The number of phenolic OH excluding ortho intramolecular Hbond substituents is 1. The number of likely N-dealkylation sites (N-methyl/N-ethyl adjacent to an activating group) is 1. The van der Waals surface area contributed by atoms with E-state index >= 15 is 0 Å². The smallest absolute Gasteiger partial charge is 0.165 e. The summed E-state index contributed by atoms with van der Waals surface area (Å²) >= 11 is 0. The minimum Gasteiger partial charge on any atom is -0.504 e. The number of aliphatic hydroxyl groups is 1. The first-order chi connectivity index (χ1) is 16.0. The molecule has 2 bridgehead atoms. The third-order valence-electron chi connectivity index (χ3n) is 9.57. The summed E-state index contributed by atoms with van der Waals surface area (Å²) in [7, 11) is 2.19. The number of nitrogens with zero attached hydrogens (tertiary/aromatic N) is 2. The number of phenols is 1. The van der Waals surface area contributed by atoms with Crippen molar-refractivity contribution in [3.8, 4) is 11.5 Å². The molecule has 174 valence electrons. The minimum atomic E-state index is -0.805. The molecular formula is C28H34N2O3. The fourth-order valence-corrected chi connectivity index (χ4v) is 7.90. The van der Waals surface area contributed by atoms with Gasteiger partial charge in [-0.15, -0.1) is 0 Å². The van der Waals surface area contributed by atoms with E-state index in [1.807, 2.05) is 0 Å². The van der Waals surface area contributed by atoms with E-state index in [9.17, 15) is 10.2 Å². The summed E-state index contributed by atoms with van der Waals surface area (Å²) in [5.74, 6) is 1.68. The molecule has 2 saturated carbocycles. The van der Waals surface area contributed by atoms with Crippen molar-refractivity contribution in [3.63, 3.8) is 0 Å². The topological polar surface area (TPSA) is 56.2 Å². The van der Waals surface area contributed by atoms with Crippen molar-refractivity contribution in [2.75, 3.05) is 20.1 Å². The van der Waals surface area contributed by atoms with Crippen molar-refractivity contribution in [3.05, 3.63) is 59.2 Å². The maximum atomic E-state index is 12.6. The quantitative estimate of drug-likeness (QED) is 0.737. The Morgan fingerprint density at radius 2 is 1.91 bits per heavy atom. The van der Waals surface area contributed by atoms with Crippen LogP contribution in [0.1, 0.15) is 48.8 Å². The molecular weight excluding hydrogens is 412 g/mol. The molecule has 0 radical (unpaired) electrons. The van der Waals surface area contributed by atoms with E-state index in [1.54, 1.807) is 6.07 Å². The van der Waals surface area contributed by atoms with Gasteiger partial charge in [-0.05, 0) is 75.2 Å². The number of ether oxygens (including phenoxy) is 1. The van der Waals surface area contributed by atoms with Crippen LogP contribution in [-0.4, -0.2) is 63.9 Å². The fraction of sp³-hybridized carbons (Fsp3) is 0.571. The van der Waals surface area contributed by atoms with Crippen LogP contribution in [0, 0.1) is 5.92 Å². The maximum absolute atomic E-state index is 12.6. The van der Waals surface area contributed by atoms with Gasteiger partial charge in [-0.2, -0.15) is 0 Å². The molecule has 5 heteroatoms. The Hall–Kier alpha value is -2.08. The number of rotatable bonds is 5. The minimum absolute atomic E-state index is 0.140. The maximum Gasteiger partial charge on any atom is 0.165 e. The molecule has 3 fully saturated rings. The molecule has 0 aromatic heterocycles. The highest BCUT2D eigenvalue weighted by Gasteiger charge is 2.73. The van der Waals surface area contributed by atoms with Crippen molar-refractivity contribution < 1.29 is 14.9 Å². The summed E-state index contributed by atoms with van der Waals surface area (Å²) in [6.07, 6.45) is 5.98. The van der Waals surface area contributed by atoms with Gasteiger partial charge in [0.25, 0.3) is 0 Å². The Labute approximate surface area is 196 Å². The predicted molar refractivity (Wildman–Crippen MR) is 126 cm³/mol. The van der Waals surface area contributed by atoms with E-state index < -0.39 is 11.0 Å². The van der Waals surface area contributed by atoms with E-state index in [0.717, 1.165) is 56.8 Å². The number of hydrogen-bond donors (Lipinski definition) is 2. The lowest BCUT2D eigenvalue weighted by molar-refractivity contribution is -0.200. The molecule has 1 saturated heterocycles. The van der Waals surface area contributed by atoms with Gasteiger partial charge in [-0.25, -0.2) is 0 Å². The number of hydrogen-bond acceptors (Lipinski definition) is 5. The largest absolute Gasteiger partial charge is 0.504 e. The molecule has 2 heterocycles. The second kappa shape index (κ2) is 6.97. The molecule has 1 spiro atoms. The third-order valence-corrected chi connectivity index (χ3v) is 9.57. The zero-order valence-corrected chi connectivity index (χ0v) is 19.4. The first kappa shape index (κ1) is 20.3. The highest BCUT2D eigenvalue weighted by molar-refractivity contribution is 5.62. The predicted octanol–water partition coefficient (Wildman–Crippen LogP) is 3.46. The molecule has 7 rings (SSSR count). The van der Waals surface area contributed by atoms with Gasteiger partial charge in [0.1, 0.15) is 6.10 Å². The zero-order chi connectivity index (χ0) is 22.4. The van der Waals surface area contributed by atoms with Crippen LogP contribution >= 0.6 is 0 Å². The Bertz CT molecular complexity index is 1090. The summed E-state index contributed by atoms with van der Waals surface area (Å²) in [5.41, 5.74) is 2.44. The van der Waals surface area contributed by atoms with Gasteiger partial charge < -0.3 is 14.9 Å². The molecule has 33 heavy (non-hydrogen) atoms. The lowest BCUT2D eigenvalue weighted by Crippen LogP contribution is -2.78. The van der Waals surface area contributed by atoms with Crippen LogP contribution in [0.25, 0.3) is 0 Å². The monoisotopic (exact) mass is 446 g/mol. The van der Waals surface area contributed by atoms with Gasteiger partial charge in [-0.3, -0.25) is 9.80 Å². The van der Waals surface area contributed by atoms with Crippen LogP contribution in [0.4, 0.5) is 0 Å². The summed E-state index contributed by atoms with van der Waals surface area (Å²) < 4.78 is 6.70. The van der Waals surface area contributed by atoms with Gasteiger partial charge >= 0.3 is 0 Å². The molecule has 2 N–H and O–H groups in total. The first-order valence-corrected chi connectivity index (χ1v) is 12.7. The van der Waals surface area contributed by atoms with Crippen LogP contribution in [0.15, 0.2) is 42.5 Å². The number of aromatic hydroxyl groups is 1. The van der Waals surface area contributed by atoms with Gasteiger partial charge in [0.2, 0.25) is 0 Å². The molecule has 5 aliphatic rings. The zero-order valence-electron chi connectivity index (χ0n) is 19.4. The first-order valence-electron chi connectivity index (χ1n) is 12.7. The van der Waals surface area contributed by atoms with Crippen LogP contribution in [0.2, 0.25) is 0 Å². The molecule has 0 unspecified atom stereocenters. The lowest BCUT2D eigenvalue weighted by Gasteiger charge is -2.64. The molecule has 2 aliphatic heterocycles. The average Bonchev–Trinajstić information content (AvgIpc) is 3.55. The number of benzene rings is 2. The van der Waals surface area contributed by atoms with Crippen LogP contribution in [0.5, 0.6) is 11.5 Å². The Morgan fingerprint density at radius 3 is 2.70 bits per heavy atom.